The Morgan fingerprint density at radius 2 is 2.09 bits per heavy atom. The number of nitrogens with zero attached hydrogens (tertiary/aromatic N) is 1. The highest BCUT2D eigenvalue weighted by Crippen LogP contribution is 2.20. The van der Waals surface area contributed by atoms with Crippen LogP contribution < -0.4 is 9.47 Å². The molecule has 0 aromatic carbocycles. The van der Waals surface area contributed by atoms with E-state index >= 15 is 0 Å². The first kappa shape index (κ1) is 7.85. The van der Waals surface area contributed by atoms with Gasteiger partial charge in [-0.2, -0.15) is 0 Å². The molecule has 0 aliphatic carbocycles. The van der Waals surface area contributed by atoms with Crippen LogP contribution in [0.3, 0.4) is 0 Å². The van der Waals surface area contributed by atoms with E-state index in [9.17, 15) is 0 Å². The van der Waals surface area contributed by atoms with Crippen LogP contribution in [0, 0.1) is 6.92 Å². The van der Waals surface area contributed by atoms with Gasteiger partial charge in [0.2, 0.25) is 0 Å². The lowest BCUT2D eigenvalue weighted by atomic mass is 10.3. The zero-order chi connectivity index (χ0) is 8.27. The van der Waals surface area contributed by atoms with Gasteiger partial charge in [-0.1, -0.05) is 0 Å². The van der Waals surface area contributed by atoms with Gasteiger partial charge in [0.1, 0.15) is 11.5 Å². The summed E-state index contributed by atoms with van der Waals surface area (Å²) in [6.07, 6.45) is 1.60. The van der Waals surface area contributed by atoms with E-state index in [1.165, 1.54) is 0 Å². The topological polar surface area (TPSA) is 31.4 Å². The number of aromatic nitrogens is 1. The molecule has 0 aliphatic heterocycles. The molecule has 0 fully saturated rings. The standard InChI is InChI=1S/C8H10NO2/c1-6-8(11-3)4-7(10-2)5-9-6/h4-5H,1H2,2-3H3. The van der Waals surface area contributed by atoms with Crippen LogP contribution in [0.2, 0.25) is 0 Å². The molecule has 0 N–H and O–H groups in total. The summed E-state index contributed by atoms with van der Waals surface area (Å²) in [6, 6.07) is 1.75. The second-order valence-electron chi connectivity index (χ2n) is 2.02. The quantitative estimate of drug-likeness (QED) is 0.639. The Labute approximate surface area is 66.0 Å². The Hall–Kier alpha value is -1.25. The van der Waals surface area contributed by atoms with Crippen LogP contribution >= 0.6 is 0 Å². The van der Waals surface area contributed by atoms with Crippen LogP contribution in [0.5, 0.6) is 11.5 Å². The minimum absolute atomic E-state index is 0.619. The third-order valence-corrected chi connectivity index (χ3v) is 1.36. The van der Waals surface area contributed by atoms with Crippen LogP contribution in [0.15, 0.2) is 12.3 Å². The summed E-state index contributed by atoms with van der Waals surface area (Å²) < 4.78 is 9.92. The number of methoxy groups -OCH3 is 2. The Morgan fingerprint density at radius 1 is 1.36 bits per heavy atom. The van der Waals surface area contributed by atoms with Crippen LogP contribution in [0.4, 0.5) is 0 Å². The molecular weight excluding hydrogens is 142 g/mol. The molecule has 11 heavy (non-hydrogen) atoms. The molecule has 0 bridgehead atoms. The summed E-state index contributed by atoms with van der Waals surface area (Å²) in [5, 5.41) is 0. The zero-order valence-corrected chi connectivity index (χ0v) is 6.63. The second-order valence-corrected chi connectivity index (χ2v) is 2.02. The van der Waals surface area contributed by atoms with Crippen molar-refractivity contribution in [1.82, 2.24) is 4.98 Å². The molecule has 0 spiro atoms. The van der Waals surface area contributed by atoms with Crippen molar-refractivity contribution in [2.24, 2.45) is 0 Å². The second kappa shape index (κ2) is 3.23. The predicted molar refractivity (Wildman–Crippen MR) is 41.8 cm³/mol. The van der Waals surface area contributed by atoms with E-state index in [-0.39, 0.29) is 0 Å². The van der Waals surface area contributed by atoms with Gasteiger partial charge in [0, 0.05) is 6.07 Å². The Kier molecular flexibility index (Phi) is 2.31. The lowest BCUT2D eigenvalue weighted by molar-refractivity contribution is 0.389. The van der Waals surface area contributed by atoms with E-state index in [1.54, 1.807) is 26.5 Å². The lowest BCUT2D eigenvalue weighted by Crippen LogP contribution is -1.92. The predicted octanol–water partition coefficient (Wildman–Crippen LogP) is 1.28. The Balaban J connectivity index is 3.02. The van der Waals surface area contributed by atoms with Gasteiger partial charge in [0.05, 0.1) is 26.1 Å². The molecule has 3 heteroatoms. The smallest absolute Gasteiger partial charge is 0.144 e. The largest absolute Gasteiger partial charge is 0.495 e. The average molecular weight is 152 g/mol. The Morgan fingerprint density at radius 3 is 2.64 bits per heavy atom. The van der Waals surface area contributed by atoms with E-state index in [2.05, 4.69) is 11.9 Å². The third-order valence-electron chi connectivity index (χ3n) is 1.36. The first-order valence-electron chi connectivity index (χ1n) is 3.18. The van der Waals surface area contributed by atoms with Crippen LogP contribution in [0.1, 0.15) is 5.69 Å². The number of pyridine rings is 1. The van der Waals surface area contributed by atoms with Crippen LogP contribution in [0.25, 0.3) is 0 Å². The fraction of sp³-hybridized carbons (Fsp3) is 0.250. The number of hydrogen-bond donors (Lipinski definition) is 0. The molecule has 3 nitrogen and oxygen atoms in total. The number of ether oxygens (including phenoxy) is 2. The van der Waals surface area contributed by atoms with E-state index in [1.807, 2.05) is 0 Å². The van der Waals surface area contributed by atoms with E-state index in [4.69, 9.17) is 9.47 Å². The van der Waals surface area contributed by atoms with Gasteiger partial charge in [-0.05, 0) is 6.92 Å². The van der Waals surface area contributed by atoms with Crippen molar-refractivity contribution in [2.45, 2.75) is 0 Å². The summed E-state index contributed by atoms with van der Waals surface area (Å²) in [5.41, 5.74) is 0.619. The third kappa shape index (κ3) is 1.61. The fourth-order valence-electron chi connectivity index (χ4n) is 0.743. The summed E-state index contributed by atoms with van der Waals surface area (Å²) >= 11 is 0. The van der Waals surface area contributed by atoms with Gasteiger partial charge in [-0.3, -0.25) is 4.98 Å². The van der Waals surface area contributed by atoms with Gasteiger partial charge in [0.25, 0.3) is 0 Å². The Bertz CT molecular complexity index is 248. The van der Waals surface area contributed by atoms with Gasteiger partial charge in [-0.25, -0.2) is 0 Å². The van der Waals surface area contributed by atoms with E-state index < -0.39 is 0 Å². The van der Waals surface area contributed by atoms with Crippen molar-refractivity contribution in [3.05, 3.63) is 24.9 Å². The maximum absolute atomic E-state index is 4.98. The molecule has 0 saturated heterocycles. The fourth-order valence-corrected chi connectivity index (χ4v) is 0.743. The SMILES string of the molecule is [CH2]c1ncc(OC)cc1OC. The van der Waals surface area contributed by atoms with Gasteiger partial charge < -0.3 is 9.47 Å². The molecule has 0 unspecified atom stereocenters. The molecule has 0 aliphatic rings. The molecule has 1 aromatic heterocycles. The molecule has 1 heterocycles. The molecule has 59 valence electrons. The highest BCUT2D eigenvalue weighted by atomic mass is 16.5. The molecule has 0 saturated carbocycles. The highest BCUT2D eigenvalue weighted by molar-refractivity contribution is 5.36. The van der Waals surface area contributed by atoms with Crippen molar-refractivity contribution in [2.75, 3.05) is 14.2 Å². The molecule has 1 rings (SSSR count). The van der Waals surface area contributed by atoms with Gasteiger partial charge in [0.15, 0.2) is 0 Å². The molecule has 0 amide bonds. The maximum Gasteiger partial charge on any atom is 0.144 e. The molecule has 1 aromatic rings. The van der Waals surface area contributed by atoms with Gasteiger partial charge in [-0.15, -0.1) is 0 Å². The van der Waals surface area contributed by atoms with Crippen molar-refractivity contribution >= 4 is 0 Å². The average Bonchev–Trinajstić information content (AvgIpc) is 2.05. The highest BCUT2D eigenvalue weighted by Gasteiger charge is 2.00. The summed E-state index contributed by atoms with van der Waals surface area (Å²) in [7, 11) is 3.16. The van der Waals surface area contributed by atoms with Crippen LogP contribution in [-0.2, 0) is 0 Å². The van der Waals surface area contributed by atoms with E-state index in [0.29, 0.717) is 17.2 Å². The summed E-state index contributed by atoms with van der Waals surface area (Å²) in [6.45, 7) is 3.68. The van der Waals surface area contributed by atoms with Crippen molar-refractivity contribution in [1.29, 1.82) is 0 Å². The van der Waals surface area contributed by atoms with Crippen molar-refractivity contribution in [3.63, 3.8) is 0 Å². The zero-order valence-electron chi connectivity index (χ0n) is 6.63. The maximum atomic E-state index is 4.98. The minimum atomic E-state index is 0.619. The van der Waals surface area contributed by atoms with Crippen molar-refractivity contribution in [3.8, 4) is 11.5 Å². The summed E-state index contributed by atoms with van der Waals surface area (Å²) in [4.78, 5) is 3.96. The molecule has 1 radical (unpaired) electrons. The minimum Gasteiger partial charge on any atom is -0.495 e. The van der Waals surface area contributed by atoms with Crippen molar-refractivity contribution < 1.29 is 9.47 Å². The number of rotatable bonds is 2. The molecule has 0 atom stereocenters. The number of hydrogen-bond acceptors (Lipinski definition) is 3. The van der Waals surface area contributed by atoms with E-state index in [0.717, 1.165) is 0 Å². The monoisotopic (exact) mass is 152 g/mol. The van der Waals surface area contributed by atoms with Crippen LogP contribution in [-0.4, -0.2) is 19.2 Å². The normalized spacial score (nSPS) is 9.36. The first-order valence-corrected chi connectivity index (χ1v) is 3.18. The molecular formula is C8H10NO2. The summed E-state index contributed by atoms with van der Waals surface area (Å²) in [5.74, 6) is 1.32. The first-order chi connectivity index (χ1) is 5.27. The lowest BCUT2D eigenvalue weighted by Gasteiger charge is -2.04. The van der Waals surface area contributed by atoms with Gasteiger partial charge >= 0.3 is 0 Å².